The van der Waals surface area contributed by atoms with E-state index >= 15 is 0 Å². The number of nitrogens with zero attached hydrogens (tertiary/aromatic N) is 2. The molecule has 1 aromatic rings. The van der Waals surface area contributed by atoms with Gasteiger partial charge in [0.2, 0.25) is 0 Å². The fourth-order valence-corrected chi connectivity index (χ4v) is 3.58. The van der Waals surface area contributed by atoms with Crippen LogP contribution in [0.25, 0.3) is 0 Å². The zero-order valence-electron chi connectivity index (χ0n) is 12.6. The number of aromatic nitrogens is 1. The van der Waals surface area contributed by atoms with Crippen molar-refractivity contribution in [2.45, 2.75) is 52.4 Å². The van der Waals surface area contributed by atoms with Gasteiger partial charge in [0, 0.05) is 30.2 Å². The van der Waals surface area contributed by atoms with Gasteiger partial charge in [0.25, 0.3) is 0 Å². The highest BCUT2D eigenvalue weighted by molar-refractivity contribution is 7.15. The molecule has 1 aromatic heterocycles. The Bertz CT molecular complexity index is 419. The highest BCUT2D eigenvalue weighted by Gasteiger charge is 2.32. The summed E-state index contributed by atoms with van der Waals surface area (Å²) in [5.41, 5.74) is -0.100. The zero-order valence-corrected chi connectivity index (χ0v) is 13.4. The first-order chi connectivity index (χ1) is 8.91. The second-order valence-corrected chi connectivity index (χ2v) is 6.93. The number of hydrogen-bond donors (Lipinski definition) is 1. The lowest BCUT2D eigenvalue weighted by Gasteiger charge is -2.41. The van der Waals surface area contributed by atoms with Gasteiger partial charge in [-0.2, -0.15) is 0 Å². The molecule has 5 heteroatoms. The summed E-state index contributed by atoms with van der Waals surface area (Å²) in [7, 11) is 0. The van der Waals surface area contributed by atoms with Gasteiger partial charge in [0.1, 0.15) is 0 Å². The lowest BCUT2D eigenvalue weighted by molar-refractivity contribution is -0.0749. The molecule has 0 amide bonds. The van der Waals surface area contributed by atoms with Crippen LogP contribution in [0.4, 0.5) is 5.13 Å². The molecule has 0 radical (unpaired) electrons. The Morgan fingerprint density at radius 1 is 1.63 bits per heavy atom. The minimum atomic E-state index is -0.100. The Hall–Kier alpha value is -0.650. The van der Waals surface area contributed by atoms with E-state index in [0.29, 0.717) is 6.04 Å². The minimum Gasteiger partial charge on any atom is -0.369 e. The summed E-state index contributed by atoms with van der Waals surface area (Å²) in [6, 6.07) is 0.378. The van der Waals surface area contributed by atoms with E-state index in [2.05, 4.69) is 49.8 Å². The normalized spacial score (nSPS) is 24.5. The van der Waals surface area contributed by atoms with Gasteiger partial charge in [-0.1, -0.05) is 6.92 Å². The Morgan fingerprint density at radius 2 is 2.37 bits per heavy atom. The summed E-state index contributed by atoms with van der Waals surface area (Å²) in [6.07, 6.45) is 2.25. The zero-order chi connectivity index (χ0) is 14.0. The number of morpholine rings is 1. The fourth-order valence-electron chi connectivity index (χ4n) is 2.63. The van der Waals surface area contributed by atoms with Crippen LogP contribution in [-0.4, -0.2) is 36.3 Å². The summed E-state index contributed by atoms with van der Waals surface area (Å²) in [6.45, 7) is 13.5. The molecule has 1 aliphatic heterocycles. The van der Waals surface area contributed by atoms with E-state index in [1.54, 1.807) is 11.3 Å². The highest BCUT2D eigenvalue weighted by Crippen LogP contribution is 2.31. The number of rotatable bonds is 4. The molecular formula is C14H25N3OS. The lowest BCUT2D eigenvalue weighted by atomic mass is 10.1. The number of ether oxygens (including phenoxy) is 1. The maximum atomic E-state index is 5.94. The van der Waals surface area contributed by atoms with Gasteiger partial charge < -0.3 is 15.0 Å². The van der Waals surface area contributed by atoms with Crippen molar-refractivity contribution in [3.63, 3.8) is 0 Å². The van der Waals surface area contributed by atoms with Crippen molar-refractivity contribution in [1.29, 1.82) is 0 Å². The number of thiazole rings is 1. The van der Waals surface area contributed by atoms with Crippen LogP contribution in [-0.2, 0) is 4.74 Å². The Morgan fingerprint density at radius 3 is 3.00 bits per heavy atom. The SMILES string of the molecule is CCNC(C)c1cnc(N2CC(C)OC(C)(C)C2)s1. The van der Waals surface area contributed by atoms with E-state index in [-0.39, 0.29) is 11.7 Å². The van der Waals surface area contributed by atoms with Crippen LogP contribution >= 0.6 is 11.3 Å². The quantitative estimate of drug-likeness (QED) is 0.922. The molecule has 1 fully saturated rings. The fraction of sp³-hybridized carbons (Fsp3) is 0.786. The number of nitrogens with one attached hydrogen (secondary N) is 1. The summed E-state index contributed by atoms with van der Waals surface area (Å²) in [5, 5.41) is 4.54. The standard InChI is InChI=1S/C14H25N3OS/c1-6-15-11(3)12-7-16-13(19-12)17-8-10(2)18-14(4,5)9-17/h7,10-11,15H,6,8-9H2,1-5H3. The monoisotopic (exact) mass is 283 g/mol. The summed E-state index contributed by atoms with van der Waals surface area (Å²) in [4.78, 5) is 8.24. The Balaban J connectivity index is 2.09. The van der Waals surface area contributed by atoms with Gasteiger partial charge in [0.15, 0.2) is 5.13 Å². The predicted molar refractivity (Wildman–Crippen MR) is 81.0 cm³/mol. The van der Waals surface area contributed by atoms with Crippen molar-refractivity contribution in [3.8, 4) is 0 Å². The van der Waals surface area contributed by atoms with Crippen molar-refractivity contribution in [2.75, 3.05) is 24.5 Å². The molecular weight excluding hydrogens is 258 g/mol. The molecule has 0 bridgehead atoms. The van der Waals surface area contributed by atoms with E-state index in [0.717, 1.165) is 24.8 Å². The lowest BCUT2D eigenvalue weighted by Crippen LogP contribution is -2.52. The molecule has 2 heterocycles. The van der Waals surface area contributed by atoms with Gasteiger partial charge in [-0.3, -0.25) is 0 Å². The maximum Gasteiger partial charge on any atom is 0.185 e. The summed E-state index contributed by atoms with van der Waals surface area (Å²) < 4.78 is 5.94. The largest absolute Gasteiger partial charge is 0.369 e. The van der Waals surface area contributed by atoms with Gasteiger partial charge in [0.05, 0.1) is 11.7 Å². The molecule has 0 spiro atoms. The molecule has 0 saturated carbocycles. The Kier molecular flexibility index (Phi) is 4.48. The average molecular weight is 283 g/mol. The van der Waals surface area contributed by atoms with Crippen molar-refractivity contribution in [2.24, 2.45) is 0 Å². The van der Waals surface area contributed by atoms with Gasteiger partial charge in [-0.05, 0) is 34.2 Å². The molecule has 1 aliphatic rings. The molecule has 19 heavy (non-hydrogen) atoms. The smallest absolute Gasteiger partial charge is 0.185 e. The van der Waals surface area contributed by atoms with E-state index < -0.39 is 0 Å². The highest BCUT2D eigenvalue weighted by atomic mass is 32.1. The second kappa shape index (κ2) is 5.77. The Labute approximate surface area is 120 Å². The van der Waals surface area contributed by atoms with Crippen LogP contribution in [0.1, 0.15) is 45.5 Å². The molecule has 108 valence electrons. The third-order valence-corrected chi connectivity index (χ3v) is 4.53. The molecule has 1 saturated heterocycles. The van der Waals surface area contributed by atoms with Crippen LogP contribution in [0.2, 0.25) is 0 Å². The topological polar surface area (TPSA) is 37.4 Å². The van der Waals surface area contributed by atoms with Crippen LogP contribution in [0.5, 0.6) is 0 Å². The molecule has 2 atom stereocenters. The van der Waals surface area contributed by atoms with E-state index in [1.165, 1.54) is 4.88 Å². The van der Waals surface area contributed by atoms with Crippen molar-refractivity contribution in [3.05, 3.63) is 11.1 Å². The third kappa shape index (κ3) is 3.68. The van der Waals surface area contributed by atoms with Crippen molar-refractivity contribution in [1.82, 2.24) is 10.3 Å². The van der Waals surface area contributed by atoms with Crippen LogP contribution in [0, 0.1) is 0 Å². The van der Waals surface area contributed by atoms with Crippen molar-refractivity contribution >= 4 is 16.5 Å². The van der Waals surface area contributed by atoms with Gasteiger partial charge in [-0.15, -0.1) is 11.3 Å². The minimum absolute atomic E-state index is 0.100. The number of anilines is 1. The predicted octanol–water partition coefficient (Wildman–Crippen LogP) is 2.82. The first kappa shape index (κ1) is 14.8. The number of hydrogen-bond acceptors (Lipinski definition) is 5. The summed E-state index contributed by atoms with van der Waals surface area (Å²) in [5.74, 6) is 0. The van der Waals surface area contributed by atoms with Gasteiger partial charge in [-0.25, -0.2) is 4.98 Å². The van der Waals surface area contributed by atoms with E-state index in [1.807, 2.05) is 6.20 Å². The second-order valence-electron chi connectivity index (χ2n) is 5.89. The maximum absolute atomic E-state index is 5.94. The van der Waals surface area contributed by atoms with Gasteiger partial charge >= 0.3 is 0 Å². The molecule has 1 N–H and O–H groups in total. The van der Waals surface area contributed by atoms with Crippen LogP contribution in [0.15, 0.2) is 6.20 Å². The van der Waals surface area contributed by atoms with Crippen LogP contribution < -0.4 is 10.2 Å². The van der Waals surface area contributed by atoms with Crippen molar-refractivity contribution < 1.29 is 4.74 Å². The summed E-state index contributed by atoms with van der Waals surface area (Å²) >= 11 is 1.79. The first-order valence-electron chi connectivity index (χ1n) is 7.03. The average Bonchev–Trinajstić information content (AvgIpc) is 2.75. The van der Waals surface area contributed by atoms with E-state index in [4.69, 9.17) is 4.74 Å². The van der Waals surface area contributed by atoms with Crippen LogP contribution in [0.3, 0.4) is 0 Å². The molecule has 0 aliphatic carbocycles. The molecule has 2 rings (SSSR count). The first-order valence-corrected chi connectivity index (χ1v) is 7.85. The molecule has 4 nitrogen and oxygen atoms in total. The molecule has 0 aromatic carbocycles. The third-order valence-electron chi connectivity index (χ3n) is 3.29. The molecule has 2 unspecified atom stereocenters. The van der Waals surface area contributed by atoms with E-state index in [9.17, 15) is 0 Å².